The normalized spacial score (nSPS) is 21.9. The fourth-order valence-electron chi connectivity index (χ4n) is 3.14. The molecule has 23 heavy (non-hydrogen) atoms. The molecule has 0 saturated carbocycles. The van der Waals surface area contributed by atoms with E-state index in [0.717, 1.165) is 17.1 Å². The third kappa shape index (κ3) is 4.32. The molecule has 1 fully saturated rings. The van der Waals surface area contributed by atoms with Crippen LogP contribution in [0.2, 0.25) is 0 Å². The van der Waals surface area contributed by atoms with Crippen LogP contribution in [0.15, 0.2) is 17.0 Å². The van der Waals surface area contributed by atoms with Crippen LogP contribution in [0.3, 0.4) is 0 Å². The number of thiazole rings is 1. The van der Waals surface area contributed by atoms with Crippen molar-refractivity contribution in [3.05, 3.63) is 27.7 Å². The molecule has 126 valence electrons. The third-order valence-corrected chi connectivity index (χ3v) is 5.48. The molecule has 6 heteroatoms. The van der Waals surface area contributed by atoms with E-state index in [2.05, 4.69) is 16.4 Å². The van der Waals surface area contributed by atoms with E-state index in [9.17, 15) is 4.79 Å². The van der Waals surface area contributed by atoms with Gasteiger partial charge in [0.2, 0.25) is 0 Å². The molecule has 1 aliphatic heterocycles. The number of nitrogens with zero attached hydrogens (tertiary/aromatic N) is 2. The highest BCUT2D eigenvalue weighted by Gasteiger charge is 2.30. The summed E-state index contributed by atoms with van der Waals surface area (Å²) in [5, 5.41) is 6.06. The molecule has 1 N–H and O–H groups in total. The van der Waals surface area contributed by atoms with Crippen molar-refractivity contribution in [3.8, 4) is 0 Å². The number of allylic oxidation sites excluding steroid dienone is 1. The van der Waals surface area contributed by atoms with Crippen LogP contribution in [-0.2, 0) is 4.74 Å². The molecule has 1 unspecified atom stereocenters. The zero-order chi connectivity index (χ0) is 16.1. The quantitative estimate of drug-likeness (QED) is 0.858. The van der Waals surface area contributed by atoms with Gasteiger partial charge in [-0.1, -0.05) is 11.6 Å². The number of hydrogen-bond acceptors (Lipinski definition) is 4. The van der Waals surface area contributed by atoms with Crippen molar-refractivity contribution in [3.63, 3.8) is 0 Å². The van der Waals surface area contributed by atoms with Crippen molar-refractivity contribution in [2.24, 2.45) is 0 Å². The first kappa shape index (κ1) is 16.5. The molecule has 0 radical (unpaired) electrons. The SMILES string of the molecule is Cc1csc(C2COCCN2C(=O)NCCC2=CCCCC2)n1. The molecule has 5 nitrogen and oxygen atoms in total. The number of ether oxygens (including phenoxy) is 1. The van der Waals surface area contributed by atoms with Gasteiger partial charge in [-0.2, -0.15) is 0 Å². The summed E-state index contributed by atoms with van der Waals surface area (Å²) in [6.07, 6.45) is 8.28. The fourth-order valence-corrected chi connectivity index (χ4v) is 4.03. The Morgan fingerprint density at radius 2 is 2.43 bits per heavy atom. The number of nitrogens with one attached hydrogen (secondary N) is 1. The lowest BCUT2D eigenvalue weighted by Gasteiger charge is -2.34. The number of carbonyl (C=O) groups excluding carboxylic acids is 1. The molecule has 0 aromatic carbocycles. The maximum atomic E-state index is 12.5. The van der Waals surface area contributed by atoms with Crippen molar-refractivity contribution in [1.29, 1.82) is 0 Å². The van der Waals surface area contributed by atoms with E-state index in [-0.39, 0.29) is 12.1 Å². The summed E-state index contributed by atoms with van der Waals surface area (Å²) in [5.41, 5.74) is 2.49. The number of morpholine rings is 1. The highest BCUT2D eigenvalue weighted by atomic mass is 32.1. The minimum absolute atomic E-state index is 0.00237. The molecule has 2 amide bonds. The lowest BCUT2D eigenvalue weighted by atomic mass is 9.97. The van der Waals surface area contributed by atoms with E-state index in [1.807, 2.05) is 17.2 Å². The van der Waals surface area contributed by atoms with Gasteiger partial charge in [0, 0.05) is 24.2 Å². The van der Waals surface area contributed by atoms with Gasteiger partial charge in [0.15, 0.2) is 0 Å². The van der Waals surface area contributed by atoms with Crippen LogP contribution in [0.4, 0.5) is 4.79 Å². The van der Waals surface area contributed by atoms with Gasteiger partial charge in [-0.3, -0.25) is 0 Å². The lowest BCUT2D eigenvalue weighted by molar-refractivity contribution is 0.0116. The second-order valence-electron chi connectivity index (χ2n) is 6.20. The largest absolute Gasteiger partial charge is 0.377 e. The summed E-state index contributed by atoms with van der Waals surface area (Å²) < 4.78 is 5.56. The fraction of sp³-hybridized carbons (Fsp3) is 0.647. The number of rotatable bonds is 4. The van der Waals surface area contributed by atoms with Gasteiger partial charge < -0.3 is 15.0 Å². The molecular formula is C17H25N3O2S. The van der Waals surface area contributed by atoms with Crippen LogP contribution in [0.5, 0.6) is 0 Å². The summed E-state index contributed by atoms with van der Waals surface area (Å²) in [7, 11) is 0. The summed E-state index contributed by atoms with van der Waals surface area (Å²) in [4.78, 5) is 18.9. The number of aryl methyl sites for hydroxylation is 1. The number of carbonyl (C=O) groups is 1. The molecule has 1 aromatic heterocycles. The molecule has 1 aliphatic carbocycles. The maximum absolute atomic E-state index is 12.5. The molecule has 1 atom stereocenters. The minimum atomic E-state index is -0.0589. The Morgan fingerprint density at radius 1 is 1.52 bits per heavy atom. The number of amides is 2. The van der Waals surface area contributed by atoms with Gasteiger partial charge in [-0.05, 0) is 39.0 Å². The van der Waals surface area contributed by atoms with Gasteiger partial charge in [0.25, 0.3) is 0 Å². The highest BCUT2D eigenvalue weighted by molar-refractivity contribution is 7.09. The molecule has 2 aliphatic rings. The van der Waals surface area contributed by atoms with Crippen molar-refractivity contribution in [2.75, 3.05) is 26.3 Å². The Bertz CT molecular complexity index is 570. The van der Waals surface area contributed by atoms with Gasteiger partial charge in [0.05, 0.1) is 13.2 Å². The topological polar surface area (TPSA) is 54.5 Å². The van der Waals surface area contributed by atoms with Gasteiger partial charge in [-0.15, -0.1) is 11.3 Å². The van der Waals surface area contributed by atoms with Crippen LogP contribution >= 0.6 is 11.3 Å². The molecule has 3 rings (SSSR count). The zero-order valence-corrected chi connectivity index (χ0v) is 14.5. The van der Waals surface area contributed by atoms with Crippen molar-refractivity contribution in [1.82, 2.24) is 15.2 Å². The van der Waals surface area contributed by atoms with Crippen molar-refractivity contribution >= 4 is 17.4 Å². The van der Waals surface area contributed by atoms with E-state index >= 15 is 0 Å². The number of hydrogen-bond donors (Lipinski definition) is 1. The van der Waals surface area contributed by atoms with E-state index in [1.165, 1.54) is 31.3 Å². The Hall–Kier alpha value is -1.40. The smallest absolute Gasteiger partial charge is 0.318 e. The Kier molecular flexibility index (Phi) is 5.67. The predicted octanol–water partition coefficient (Wildman–Crippen LogP) is 3.42. The molecule has 0 spiro atoms. The minimum Gasteiger partial charge on any atom is -0.377 e. The van der Waals surface area contributed by atoms with E-state index < -0.39 is 0 Å². The molecule has 2 heterocycles. The third-order valence-electron chi connectivity index (χ3n) is 4.42. The highest BCUT2D eigenvalue weighted by Crippen LogP contribution is 2.27. The van der Waals surface area contributed by atoms with Crippen LogP contribution in [0, 0.1) is 6.92 Å². The first-order valence-corrected chi connectivity index (χ1v) is 9.34. The van der Waals surface area contributed by atoms with Crippen LogP contribution < -0.4 is 5.32 Å². The average Bonchev–Trinajstić information content (AvgIpc) is 3.02. The second kappa shape index (κ2) is 7.93. The van der Waals surface area contributed by atoms with Crippen LogP contribution in [0.25, 0.3) is 0 Å². The van der Waals surface area contributed by atoms with E-state index in [1.54, 1.807) is 11.3 Å². The van der Waals surface area contributed by atoms with E-state index in [4.69, 9.17) is 4.74 Å². The summed E-state index contributed by atoms with van der Waals surface area (Å²) in [6, 6.07) is -0.0566. The summed E-state index contributed by atoms with van der Waals surface area (Å²) in [5.74, 6) is 0. The average molecular weight is 335 g/mol. The number of urea groups is 1. The first-order valence-electron chi connectivity index (χ1n) is 8.46. The molecule has 1 aromatic rings. The Balaban J connectivity index is 1.54. The first-order chi connectivity index (χ1) is 11.2. The maximum Gasteiger partial charge on any atom is 0.318 e. The van der Waals surface area contributed by atoms with Gasteiger partial charge in [-0.25, -0.2) is 9.78 Å². The van der Waals surface area contributed by atoms with E-state index in [0.29, 0.717) is 26.3 Å². The Morgan fingerprint density at radius 3 is 3.17 bits per heavy atom. The number of aromatic nitrogens is 1. The molecular weight excluding hydrogens is 310 g/mol. The second-order valence-corrected chi connectivity index (χ2v) is 7.09. The van der Waals surface area contributed by atoms with Crippen molar-refractivity contribution in [2.45, 2.75) is 45.1 Å². The lowest BCUT2D eigenvalue weighted by Crippen LogP contribution is -2.48. The van der Waals surface area contributed by atoms with Gasteiger partial charge >= 0.3 is 6.03 Å². The Labute approximate surface area is 141 Å². The summed E-state index contributed by atoms with van der Waals surface area (Å²) in [6.45, 7) is 4.44. The molecule has 0 bridgehead atoms. The van der Waals surface area contributed by atoms with Gasteiger partial charge in [0.1, 0.15) is 11.0 Å². The van der Waals surface area contributed by atoms with Crippen LogP contribution in [-0.4, -0.2) is 42.2 Å². The zero-order valence-electron chi connectivity index (χ0n) is 13.7. The van der Waals surface area contributed by atoms with Crippen molar-refractivity contribution < 1.29 is 9.53 Å². The monoisotopic (exact) mass is 335 g/mol. The standard InChI is InChI=1S/C17H25N3O2S/c1-13-12-23-16(19-13)15-11-22-10-9-20(15)17(21)18-8-7-14-5-3-2-4-6-14/h5,12,15H,2-4,6-11H2,1H3,(H,18,21). The predicted molar refractivity (Wildman–Crippen MR) is 91.7 cm³/mol. The van der Waals surface area contributed by atoms with Crippen LogP contribution in [0.1, 0.15) is 48.8 Å². The molecule has 1 saturated heterocycles. The summed E-state index contributed by atoms with van der Waals surface area (Å²) >= 11 is 1.60.